The molecule has 0 saturated carbocycles. The number of unbranched alkanes of at least 4 members (excludes halogenated alkanes) is 10. The fourth-order valence-electron chi connectivity index (χ4n) is 6.90. The lowest BCUT2D eigenvalue weighted by atomic mass is 10.0. The summed E-state index contributed by atoms with van der Waals surface area (Å²) < 4.78 is 0. The highest BCUT2D eigenvalue weighted by atomic mass is 16.3. The van der Waals surface area contributed by atoms with Crippen LogP contribution in [0.25, 0.3) is 0 Å². The molecule has 0 aliphatic carbocycles. The number of aliphatic hydroxyl groups is 2. The molecule has 1 aliphatic rings. The van der Waals surface area contributed by atoms with Crippen LogP contribution in [0.1, 0.15) is 137 Å². The molecular weight excluding hydrogens is 780 g/mol. The fraction of sp³-hybridized carbons (Fsp3) is 0.780. The summed E-state index contributed by atoms with van der Waals surface area (Å²) in [5.41, 5.74) is 5.15. The number of nitrogens with two attached hydrogens (primary N) is 1. The van der Waals surface area contributed by atoms with Gasteiger partial charge in [-0.1, -0.05) is 85.0 Å². The average Bonchev–Trinajstić information content (AvgIpc) is 3.68. The Morgan fingerprint density at radius 3 is 1.80 bits per heavy atom. The minimum absolute atomic E-state index is 0.00306. The predicted molar refractivity (Wildman–Crippen MR) is 222 cm³/mol. The lowest BCUT2D eigenvalue weighted by Gasteiger charge is -2.32. The van der Waals surface area contributed by atoms with Crippen molar-refractivity contribution < 1.29 is 53.4 Å². The molecule has 19 nitrogen and oxygen atoms in total. The summed E-state index contributed by atoms with van der Waals surface area (Å²) in [7, 11) is 0. The molecule has 0 radical (unpaired) electrons. The molecule has 19 heteroatoms. The first kappa shape index (κ1) is 53.4. The zero-order chi connectivity index (χ0) is 45.2. The normalized spacial score (nSPS) is 16.7. The van der Waals surface area contributed by atoms with Gasteiger partial charge in [0.25, 0.3) is 0 Å². The van der Waals surface area contributed by atoms with Crippen molar-refractivity contribution in [3.63, 3.8) is 0 Å². The van der Waals surface area contributed by atoms with Crippen LogP contribution in [0, 0.1) is 5.92 Å². The Morgan fingerprint density at radius 2 is 1.27 bits per heavy atom. The van der Waals surface area contributed by atoms with E-state index in [-0.39, 0.29) is 44.2 Å². The van der Waals surface area contributed by atoms with Crippen LogP contribution in [0.2, 0.25) is 0 Å². The van der Waals surface area contributed by atoms with Crippen molar-refractivity contribution >= 4 is 53.5 Å². The fourth-order valence-corrected chi connectivity index (χ4v) is 6.90. The smallest absolute Gasteiger partial charge is 0.248 e. The lowest BCUT2D eigenvalue weighted by Crippen LogP contribution is -2.61. The van der Waals surface area contributed by atoms with Crippen molar-refractivity contribution in [1.29, 1.82) is 0 Å². The summed E-state index contributed by atoms with van der Waals surface area (Å²) >= 11 is 0. The van der Waals surface area contributed by atoms with E-state index in [1.807, 2.05) is 13.8 Å². The van der Waals surface area contributed by atoms with Crippen molar-refractivity contribution in [2.24, 2.45) is 11.7 Å². The number of amides is 8. The Hall–Kier alpha value is -4.65. The lowest BCUT2D eigenvalue weighted by molar-refractivity contribution is -0.145. The van der Waals surface area contributed by atoms with Gasteiger partial charge in [0.1, 0.15) is 36.5 Å². The molecule has 8 amide bonds. The van der Waals surface area contributed by atoms with E-state index >= 15 is 0 Å². The molecule has 1 saturated heterocycles. The van der Waals surface area contributed by atoms with Crippen molar-refractivity contribution in [3.05, 3.63) is 0 Å². The molecule has 0 aromatic heterocycles. The maximum atomic E-state index is 13.9. The van der Waals surface area contributed by atoms with Gasteiger partial charge in [-0.25, -0.2) is 0 Å². The zero-order valence-electron chi connectivity index (χ0n) is 36.2. The van der Waals surface area contributed by atoms with E-state index in [9.17, 15) is 53.4 Å². The highest BCUT2D eigenvalue weighted by Gasteiger charge is 2.41. The van der Waals surface area contributed by atoms with E-state index in [1.54, 1.807) is 0 Å². The largest absolute Gasteiger partial charge is 0.391 e. The number of hydrogen-bond donors (Lipinski definition) is 9. The molecule has 342 valence electrons. The van der Waals surface area contributed by atoms with Gasteiger partial charge in [-0.15, -0.1) is 0 Å². The second-order valence-electron chi connectivity index (χ2n) is 16.1. The SMILES string of the molecule is CCCCCCCCCCCCCC(=O)N[C@@H](CC(C)C)C(=O)NC(C(=O)N1CCC[C@@H]1C(=O)NC(C(=O)NCC(=O)N[C@@H](CC(N)=O)C(=O)NCC=O)C(C)O)C(C)O. The Labute approximate surface area is 354 Å². The van der Waals surface area contributed by atoms with Crippen molar-refractivity contribution in [3.8, 4) is 0 Å². The maximum absolute atomic E-state index is 13.9. The second-order valence-corrected chi connectivity index (χ2v) is 16.1. The van der Waals surface area contributed by atoms with E-state index in [1.165, 1.54) is 63.7 Å². The molecule has 1 rings (SSSR count). The highest BCUT2D eigenvalue weighted by Crippen LogP contribution is 2.20. The van der Waals surface area contributed by atoms with Crippen LogP contribution in [0.5, 0.6) is 0 Å². The minimum atomic E-state index is -1.60. The molecule has 1 fully saturated rings. The van der Waals surface area contributed by atoms with Gasteiger partial charge in [-0.3, -0.25) is 38.4 Å². The number of nitrogens with zero attached hydrogens (tertiary/aromatic N) is 1. The van der Waals surface area contributed by atoms with Gasteiger partial charge in [0.15, 0.2) is 0 Å². The molecule has 0 aromatic rings. The van der Waals surface area contributed by atoms with Crippen molar-refractivity contribution in [1.82, 2.24) is 36.8 Å². The third-order valence-electron chi connectivity index (χ3n) is 10.2. The summed E-state index contributed by atoms with van der Waals surface area (Å²) in [4.78, 5) is 115. The molecule has 60 heavy (non-hydrogen) atoms. The van der Waals surface area contributed by atoms with Crippen molar-refractivity contribution in [2.75, 3.05) is 19.6 Å². The number of likely N-dealkylation sites (tertiary alicyclic amines) is 1. The summed E-state index contributed by atoms with van der Waals surface area (Å²) in [5, 5.41) is 35.5. The number of carbonyl (C=O) groups excluding carboxylic acids is 9. The summed E-state index contributed by atoms with van der Waals surface area (Å²) in [6.07, 6.45) is 10.5. The summed E-state index contributed by atoms with van der Waals surface area (Å²) in [6.45, 7) is 7.47. The molecule has 0 spiro atoms. The number of rotatable bonds is 31. The van der Waals surface area contributed by atoms with E-state index in [4.69, 9.17) is 5.73 Å². The van der Waals surface area contributed by atoms with Gasteiger partial charge in [0.05, 0.1) is 31.7 Å². The number of aliphatic hydroxyl groups excluding tert-OH is 2. The van der Waals surface area contributed by atoms with E-state index < -0.39 is 96.7 Å². The van der Waals surface area contributed by atoms with Gasteiger partial charge in [-0.2, -0.15) is 0 Å². The predicted octanol–water partition coefficient (Wildman–Crippen LogP) is -0.268. The number of aldehydes is 1. The quantitative estimate of drug-likeness (QED) is 0.0323. The Kier molecular flexibility index (Phi) is 26.3. The minimum Gasteiger partial charge on any atom is -0.391 e. The van der Waals surface area contributed by atoms with Crippen LogP contribution in [-0.2, 0) is 43.2 Å². The number of carbonyl (C=O) groups is 9. The Bertz CT molecular complexity index is 1410. The molecule has 1 heterocycles. The van der Waals surface area contributed by atoms with Crippen LogP contribution in [0.3, 0.4) is 0 Å². The van der Waals surface area contributed by atoms with E-state index in [0.717, 1.165) is 19.3 Å². The first-order valence-corrected chi connectivity index (χ1v) is 21.6. The summed E-state index contributed by atoms with van der Waals surface area (Å²) in [6, 6.07) is -6.64. The number of hydrogen-bond acceptors (Lipinski definition) is 11. The van der Waals surface area contributed by atoms with Gasteiger partial charge in [0, 0.05) is 13.0 Å². The standard InChI is InChI=1S/C41H72N8O11/c1-6-7-8-9-10-11-12-13-14-15-16-19-33(54)45-29(23-26(2)3)38(57)48-36(28(5)52)41(60)49-21-17-18-31(49)39(58)47-35(27(4)51)40(59)44-25-34(55)46-30(24-32(42)53)37(56)43-20-22-50/h22,26-31,35-36,51-52H,6-21,23-25H2,1-5H3,(H2,42,53)(H,43,56)(H,44,59)(H,45,54)(H,46,55)(H,47,58)(H,48,57)/t27?,28?,29-,30-,31+,35?,36?/m0/s1. The molecular formula is C41H72N8O11. The molecule has 1 aliphatic heterocycles. The van der Waals surface area contributed by atoms with E-state index in [2.05, 4.69) is 38.8 Å². The van der Waals surface area contributed by atoms with Gasteiger partial charge < -0.3 is 57.5 Å². The zero-order valence-corrected chi connectivity index (χ0v) is 36.2. The topological polar surface area (TPSA) is 296 Å². The molecule has 7 atom stereocenters. The molecule has 0 aromatic carbocycles. The summed E-state index contributed by atoms with van der Waals surface area (Å²) in [5.74, 6) is -6.22. The number of nitrogens with one attached hydrogen (secondary N) is 6. The molecule has 10 N–H and O–H groups in total. The third-order valence-corrected chi connectivity index (χ3v) is 10.2. The van der Waals surface area contributed by atoms with E-state index in [0.29, 0.717) is 19.1 Å². The Balaban J connectivity index is 2.85. The maximum Gasteiger partial charge on any atom is 0.248 e. The Morgan fingerprint density at radius 1 is 0.700 bits per heavy atom. The van der Waals surface area contributed by atoms with Gasteiger partial charge in [0.2, 0.25) is 47.3 Å². The van der Waals surface area contributed by atoms with Crippen LogP contribution in [0.4, 0.5) is 0 Å². The van der Waals surface area contributed by atoms with Crippen molar-refractivity contribution in [2.45, 2.75) is 180 Å². The second kappa shape index (κ2) is 29.6. The molecule has 0 bridgehead atoms. The van der Waals surface area contributed by atoms with Gasteiger partial charge in [-0.05, 0) is 45.4 Å². The average molecular weight is 853 g/mol. The van der Waals surface area contributed by atoms with Gasteiger partial charge >= 0.3 is 0 Å². The van der Waals surface area contributed by atoms with Crippen LogP contribution in [0.15, 0.2) is 0 Å². The monoisotopic (exact) mass is 853 g/mol. The third kappa shape index (κ3) is 21.0. The first-order valence-electron chi connectivity index (χ1n) is 21.6. The highest BCUT2D eigenvalue weighted by molar-refractivity contribution is 5.97. The van der Waals surface area contributed by atoms with Crippen LogP contribution in [-0.4, -0.2) is 131 Å². The van der Waals surface area contributed by atoms with Crippen LogP contribution < -0.4 is 37.6 Å². The van der Waals surface area contributed by atoms with Crippen LogP contribution >= 0.6 is 0 Å². The molecule has 4 unspecified atom stereocenters. The first-order chi connectivity index (χ1) is 28.4. The number of primary amides is 1.